The zero-order valence-electron chi connectivity index (χ0n) is 42.0. The molecule has 0 bridgehead atoms. The fourth-order valence-corrected chi connectivity index (χ4v) is 9.64. The van der Waals surface area contributed by atoms with E-state index in [9.17, 15) is 0 Å². The second-order valence-corrected chi connectivity index (χ2v) is 22.8. The number of allylic oxidation sites excluding steroid dienone is 1. The maximum absolute atomic E-state index is 6.99. The molecule has 5 heteroatoms. The molecule has 2 aromatic heterocycles. The van der Waals surface area contributed by atoms with Crippen LogP contribution in [-0.2, 0) is 21.7 Å². The number of hydrogen-bond donors (Lipinski definition) is 0. The molecule has 0 atom stereocenters. The Labute approximate surface area is 399 Å². The highest BCUT2D eigenvalue weighted by Crippen LogP contribution is 2.45. The number of pyridine rings is 1. The van der Waals surface area contributed by atoms with Crippen LogP contribution in [0.2, 0.25) is 0 Å². The Morgan fingerprint density at radius 2 is 1.00 bits per heavy atom. The molecule has 342 valence electrons. The van der Waals surface area contributed by atoms with Crippen LogP contribution in [0.15, 0.2) is 170 Å². The Hall–Kier alpha value is -6.59. The van der Waals surface area contributed by atoms with Gasteiger partial charge in [0.1, 0.15) is 17.3 Å². The van der Waals surface area contributed by atoms with E-state index in [1.807, 2.05) is 6.20 Å². The van der Waals surface area contributed by atoms with Gasteiger partial charge in [-0.2, -0.15) is 0 Å². The molecular formula is C62H68N4O. The van der Waals surface area contributed by atoms with Crippen LogP contribution in [0, 0.1) is 5.41 Å². The summed E-state index contributed by atoms with van der Waals surface area (Å²) in [7, 11) is 0. The Bertz CT molecular complexity index is 3060. The number of anilines is 2. The number of aromatic nitrogens is 2. The maximum atomic E-state index is 6.99. The second-order valence-electron chi connectivity index (χ2n) is 22.8. The van der Waals surface area contributed by atoms with E-state index in [4.69, 9.17) is 9.72 Å². The average Bonchev–Trinajstić information content (AvgIpc) is 3.90. The Kier molecular flexibility index (Phi) is 11.3. The fraction of sp³-hybridized carbons (Fsp3) is 0.306. The minimum Gasteiger partial charge on any atom is -0.457 e. The molecule has 1 aliphatic heterocycles. The summed E-state index contributed by atoms with van der Waals surface area (Å²) in [6, 6.07) is 55.4. The zero-order chi connectivity index (χ0) is 47.7. The molecule has 0 spiro atoms. The predicted octanol–water partition coefficient (Wildman–Crippen LogP) is 16.4. The van der Waals surface area contributed by atoms with Crippen molar-refractivity contribution in [1.82, 2.24) is 9.55 Å². The number of rotatable bonds is 9. The summed E-state index contributed by atoms with van der Waals surface area (Å²) < 4.78 is 9.27. The average molecular weight is 885 g/mol. The lowest BCUT2D eigenvalue weighted by Crippen LogP contribution is -2.32. The molecular weight excluding hydrogens is 817 g/mol. The van der Waals surface area contributed by atoms with Crippen molar-refractivity contribution in [2.24, 2.45) is 5.41 Å². The zero-order valence-corrected chi connectivity index (χ0v) is 42.0. The number of hydrogen-bond acceptors (Lipinski definition) is 4. The molecule has 0 unspecified atom stereocenters. The summed E-state index contributed by atoms with van der Waals surface area (Å²) in [6.07, 6.45) is 4.30. The van der Waals surface area contributed by atoms with E-state index in [0.717, 1.165) is 34.0 Å². The Morgan fingerprint density at radius 3 is 1.60 bits per heavy atom. The van der Waals surface area contributed by atoms with Gasteiger partial charge in [0, 0.05) is 68.6 Å². The molecule has 0 radical (unpaired) electrons. The topological polar surface area (TPSA) is 33.5 Å². The number of fused-ring (bicyclic) bond motifs is 3. The smallest absolute Gasteiger partial charge is 0.137 e. The summed E-state index contributed by atoms with van der Waals surface area (Å²) in [5, 5.41) is 2.35. The van der Waals surface area contributed by atoms with Crippen LogP contribution in [0.4, 0.5) is 11.4 Å². The first-order valence-corrected chi connectivity index (χ1v) is 24.0. The monoisotopic (exact) mass is 885 g/mol. The summed E-state index contributed by atoms with van der Waals surface area (Å²) in [4.78, 5) is 9.87. The molecule has 0 aliphatic carbocycles. The summed E-state index contributed by atoms with van der Waals surface area (Å²) in [6.45, 7) is 30.6. The standard InChI is InChI=1S/C62H68N4O/c1-58(2,3)44-30-31-63-57(37-44)66-54-27-21-20-26-52(54)53-29-28-50(39-55(53)66)67-51-36-45(59(4,5)6)33-48(38-51)64-40-56(60(7,8)9)65(41-64)49-34-46(61(10,11)42-22-16-14-17-23-42)32-47(35-49)62(12,13)43-24-18-15-19-25-43/h14-40H,41H2,1-13H3. The molecule has 0 saturated carbocycles. The van der Waals surface area contributed by atoms with Crippen molar-refractivity contribution in [1.29, 1.82) is 0 Å². The third-order valence-electron chi connectivity index (χ3n) is 14.1. The predicted molar refractivity (Wildman–Crippen MR) is 283 cm³/mol. The minimum atomic E-state index is -0.235. The summed E-state index contributed by atoms with van der Waals surface area (Å²) >= 11 is 0. The molecule has 0 fully saturated rings. The highest BCUT2D eigenvalue weighted by atomic mass is 16.5. The summed E-state index contributed by atoms with van der Waals surface area (Å²) in [5.74, 6) is 2.48. The van der Waals surface area contributed by atoms with Crippen LogP contribution in [0.3, 0.4) is 0 Å². The third kappa shape index (κ3) is 8.77. The number of nitrogens with zero attached hydrogens (tertiary/aromatic N) is 4. The van der Waals surface area contributed by atoms with Gasteiger partial charge < -0.3 is 14.5 Å². The van der Waals surface area contributed by atoms with Crippen molar-refractivity contribution in [3.8, 4) is 17.3 Å². The molecule has 0 saturated heterocycles. The van der Waals surface area contributed by atoms with E-state index in [0.29, 0.717) is 6.67 Å². The van der Waals surface area contributed by atoms with E-state index in [1.165, 1.54) is 55.5 Å². The van der Waals surface area contributed by atoms with Gasteiger partial charge in [0.05, 0.1) is 17.7 Å². The number of para-hydroxylation sites is 1. The van der Waals surface area contributed by atoms with Gasteiger partial charge >= 0.3 is 0 Å². The first-order valence-electron chi connectivity index (χ1n) is 24.0. The van der Waals surface area contributed by atoms with Crippen molar-refractivity contribution in [2.45, 2.75) is 112 Å². The van der Waals surface area contributed by atoms with Crippen molar-refractivity contribution >= 4 is 33.2 Å². The van der Waals surface area contributed by atoms with Gasteiger partial charge in [-0.3, -0.25) is 4.57 Å². The van der Waals surface area contributed by atoms with Crippen molar-refractivity contribution in [3.63, 3.8) is 0 Å². The van der Waals surface area contributed by atoms with Crippen LogP contribution in [0.25, 0.3) is 27.6 Å². The highest BCUT2D eigenvalue weighted by Gasteiger charge is 2.35. The van der Waals surface area contributed by atoms with Gasteiger partial charge in [0.25, 0.3) is 0 Å². The number of benzene rings is 6. The van der Waals surface area contributed by atoms with E-state index < -0.39 is 0 Å². The molecule has 1 aliphatic rings. The van der Waals surface area contributed by atoms with Gasteiger partial charge in [-0.1, -0.05) is 175 Å². The molecule has 0 amide bonds. The summed E-state index contributed by atoms with van der Waals surface area (Å²) in [5.41, 5.74) is 12.6. The van der Waals surface area contributed by atoms with Crippen LogP contribution < -0.4 is 14.5 Å². The third-order valence-corrected chi connectivity index (χ3v) is 14.1. The second kappa shape index (κ2) is 16.6. The molecule has 0 N–H and O–H groups in total. The highest BCUT2D eigenvalue weighted by molar-refractivity contribution is 6.09. The normalized spacial score (nSPS) is 14.0. The van der Waals surface area contributed by atoms with Gasteiger partial charge in [0.15, 0.2) is 0 Å². The lowest BCUT2D eigenvalue weighted by molar-refractivity contribution is 0.479. The van der Waals surface area contributed by atoms with Crippen LogP contribution in [0.5, 0.6) is 11.5 Å². The Balaban J connectivity index is 1.13. The van der Waals surface area contributed by atoms with Crippen LogP contribution in [0.1, 0.15) is 123 Å². The first kappa shape index (κ1) is 45.6. The minimum absolute atomic E-state index is 0.0126. The first-order chi connectivity index (χ1) is 31.6. The molecule has 5 nitrogen and oxygen atoms in total. The van der Waals surface area contributed by atoms with E-state index >= 15 is 0 Å². The van der Waals surface area contributed by atoms with Gasteiger partial charge in [-0.05, 0) is 98.8 Å². The van der Waals surface area contributed by atoms with E-state index in [1.54, 1.807) is 0 Å². The molecule has 9 rings (SSSR count). The van der Waals surface area contributed by atoms with Gasteiger partial charge in [-0.15, -0.1) is 0 Å². The van der Waals surface area contributed by atoms with E-state index in [2.05, 4.69) is 262 Å². The van der Waals surface area contributed by atoms with Crippen LogP contribution in [-0.4, -0.2) is 16.2 Å². The molecule has 67 heavy (non-hydrogen) atoms. The Morgan fingerprint density at radius 1 is 0.433 bits per heavy atom. The largest absolute Gasteiger partial charge is 0.457 e. The fourth-order valence-electron chi connectivity index (χ4n) is 9.64. The lowest BCUT2D eigenvalue weighted by Gasteiger charge is -2.35. The van der Waals surface area contributed by atoms with Gasteiger partial charge in [0.2, 0.25) is 0 Å². The van der Waals surface area contributed by atoms with E-state index in [-0.39, 0.29) is 27.1 Å². The van der Waals surface area contributed by atoms with Crippen molar-refractivity contribution in [2.75, 3.05) is 16.5 Å². The van der Waals surface area contributed by atoms with Crippen molar-refractivity contribution in [3.05, 3.63) is 203 Å². The van der Waals surface area contributed by atoms with Crippen LogP contribution >= 0.6 is 0 Å². The maximum Gasteiger partial charge on any atom is 0.137 e. The molecule has 3 heterocycles. The lowest BCUT2D eigenvalue weighted by atomic mass is 9.73. The van der Waals surface area contributed by atoms with Gasteiger partial charge in [-0.25, -0.2) is 4.98 Å². The molecule has 8 aromatic rings. The van der Waals surface area contributed by atoms with Crippen molar-refractivity contribution < 1.29 is 4.74 Å². The molecule has 6 aromatic carbocycles. The number of ether oxygens (including phenoxy) is 1. The SMILES string of the molecule is CC(C)(C)C1=CN(c2cc(Oc3ccc4c5ccccc5n(-c5cc(C(C)(C)C)ccn5)c4c3)cc(C(C)(C)C)c2)CN1c1cc(C(C)(C)c2ccccc2)cc(C(C)(C)c2ccccc2)c1. The quantitative estimate of drug-likeness (QED) is 0.145.